The fourth-order valence-corrected chi connectivity index (χ4v) is 3.85. The number of nitrogens with two attached hydrogens (primary N) is 1. The number of carbonyl (C=O) groups excluding carboxylic acids is 1. The number of amides is 1. The van der Waals surface area contributed by atoms with E-state index >= 15 is 0 Å². The van der Waals surface area contributed by atoms with Crippen LogP contribution in [0, 0.1) is 5.41 Å². The average molecular weight is 380 g/mol. The number of nitrogens with one attached hydrogen (secondary N) is 1. The lowest BCUT2D eigenvalue weighted by Crippen LogP contribution is -2.49. The van der Waals surface area contributed by atoms with Crippen LogP contribution in [0.15, 0.2) is 24.3 Å². The third-order valence-electron chi connectivity index (χ3n) is 4.21. The molecular formula is C15H19F3N2O4S. The van der Waals surface area contributed by atoms with Crippen LogP contribution in [-0.4, -0.2) is 34.1 Å². The molecule has 0 unspecified atom stereocenters. The molecular weight excluding hydrogens is 361 g/mol. The number of halogens is 3. The van der Waals surface area contributed by atoms with E-state index in [9.17, 15) is 26.4 Å². The molecule has 2 rings (SSSR count). The van der Waals surface area contributed by atoms with Gasteiger partial charge in [-0.1, -0.05) is 18.2 Å². The second-order valence-electron chi connectivity index (χ2n) is 6.04. The molecule has 3 N–H and O–H groups in total. The molecule has 1 aromatic rings. The highest BCUT2D eigenvalue weighted by Crippen LogP contribution is 2.31. The van der Waals surface area contributed by atoms with Crippen LogP contribution < -0.4 is 10.5 Å². The van der Waals surface area contributed by atoms with E-state index in [1.165, 1.54) is 6.07 Å². The van der Waals surface area contributed by atoms with E-state index < -0.39 is 38.8 Å². The Kier molecular flexibility index (Phi) is 5.75. The normalized spacial score (nSPS) is 18.0. The third-order valence-corrected chi connectivity index (χ3v) is 5.51. The number of carbonyl (C=O) groups is 1. The molecule has 1 saturated heterocycles. The van der Waals surface area contributed by atoms with Gasteiger partial charge in [0.05, 0.1) is 16.7 Å². The molecule has 0 radical (unpaired) electrons. The van der Waals surface area contributed by atoms with Crippen molar-refractivity contribution in [2.24, 2.45) is 11.1 Å². The lowest BCUT2D eigenvalue weighted by atomic mass is 9.80. The molecule has 0 saturated carbocycles. The molecule has 6 nitrogen and oxygen atoms in total. The van der Waals surface area contributed by atoms with Crippen LogP contribution in [-0.2, 0) is 31.5 Å². The number of benzene rings is 1. The molecule has 140 valence electrons. The molecule has 1 aromatic carbocycles. The van der Waals surface area contributed by atoms with Crippen LogP contribution >= 0.6 is 0 Å². The molecule has 1 aliphatic heterocycles. The highest BCUT2D eigenvalue weighted by molar-refractivity contribution is 7.88. The number of hydrogen-bond acceptors (Lipinski definition) is 4. The van der Waals surface area contributed by atoms with E-state index in [1.54, 1.807) is 0 Å². The number of sulfonamides is 1. The van der Waals surface area contributed by atoms with Crippen LogP contribution in [0.25, 0.3) is 0 Å². The van der Waals surface area contributed by atoms with Crippen molar-refractivity contribution in [2.75, 3.05) is 19.8 Å². The Morgan fingerprint density at radius 3 is 2.48 bits per heavy atom. The van der Waals surface area contributed by atoms with E-state index in [4.69, 9.17) is 10.5 Å². The molecule has 1 heterocycles. The summed E-state index contributed by atoms with van der Waals surface area (Å²) in [6.07, 6.45) is -3.98. The van der Waals surface area contributed by atoms with Gasteiger partial charge in [0.15, 0.2) is 0 Å². The van der Waals surface area contributed by atoms with Gasteiger partial charge in [-0.15, -0.1) is 0 Å². The Balaban J connectivity index is 2.08. The zero-order valence-electron chi connectivity index (χ0n) is 13.3. The molecule has 0 aliphatic carbocycles. The van der Waals surface area contributed by atoms with E-state index in [-0.39, 0.29) is 38.2 Å². The summed E-state index contributed by atoms with van der Waals surface area (Å²) < 4.78 is 69.9. The van der Waals surface area contributed by atoms with Gasteiger partial charge >= 0.3 is 6.18 Å². The van der Waals surface area contributed by atoms with E-state index in [0.29, 0.717) is 0 Å². The SMILES string of the molecule is NC(=O)C1(CNS(=O)(=O)Cc2cccc(C(F)(F)F)c2)CCOCC1. The number of ether oxygens (including phenoxy) is 1. The lowest BCUT2D eigenvalue weighted by molar-refractivity contribution is -0.137. The topological polar surface area (TPSA) is 98.5 Å². The van der Waals surface area contributed by atoms with Crippen molar-refractivity contribution in [2.45, 2.75) is 24.8 Å². The first kappa shape index (κ1) is 19.7. The van der Waals surface area contributed by atoms with Crippen LogP contribution in [0.5, 0.6) is 0 Å². The minimum Gasteiger partial charge on any atom is -0.381 e. The predicted molar refractivity (Wildman–Crippen MR) is 83.8 cm³/mol. The predicted octanol–water partition coefficient (Wildman–Crippen LogP) is 1.41. The van der Waals surface area contributed by atoms with Gasteiger partial charge in [0.2, 0.25) is 15.9 Å². The van der Waals surface area contributed by atoms with Gasteiger partial charge in [0.1, 0.15) is 0 Å². The fourth-order valence-electron chi connectivity index (χ4n) is 2.63. The van der Waals surface area contributed by atoms with E-state index in [2.05, 4.69) is 4.72 Å². The largest absolute Gasteiger partial charge is 0.416 e. The van der Waals surface area contributed by atoms with Crippen molar-refractivity contribution in [3.63, 3.8) is 0 Å². The van der Waals surface area contributed by atoms with E-state index in [1.807, 2.05) is 0 Å². The van der Waals surface area contributed by atoms with Crippen molar-refractivity contribution < 1.29 is 31.1 Å². The first-order valence-electron chi connectivity index (χ1n) is 7.55. The smallest absolute Gasteiger partial charge is 0.381 e. The Bertz CT molecular complexity index is 729. The summed E-state index contributed by atoms with van der Waals surface area (Å²) in [5.41, 5.74) is 3.44. The molecule has 0 spiro atoms. The highest BCUT2D eigenvalue weighted by Gasteiger charge is 2.39. The second-order valence-corrected chi connectivity index (χ2v) is 7.84. The molecule has 0 atom stereocenters. The zero-order chi connectivity index (χ0) is 18.7. The number of primary amides is 1. The summed E-state index contributed by atoms with van der Waals surface area (Å²) in [5, 5.41) is 0. The molecule has 1 fully saturated rings. The van der Waals surface area contributed by atoms with Crippen LogP contribution in [0.2, 0.25) is 0 Å². The first-order chi connectivity index (χ1) is 11.5. The fraction of sp³-hybridized carbons (Fsp3) is 0.533. The van der Waals surface area contributed by atoms with Crippen LogP contribution in [0.4, 0.5) is 13.2 Å². The Morgan fingerprint density at radius 1 is 1.28 bits per heavy atom. The highest BCUT2D eigenvalue weighted by atomic mass is 32.2. The second kappa shape index (κ2) is 7.30. The van der Waals surface area contributed by atoms with Crippen molar-refractivity contribution in [3.8, 4) is 0 Å². The maximum Gasteiger partial charge on any atom is 0.416 e. The molecule has 1 amide bonds. The zero-order valence-corrected chi connectivity index (χ0v) is 14.1. The average Bonchev–Trinajstić information content (AvgIpc) is 2.53. The quantitative estimate of drug-likeness (QED) is 0.780. The Labute approximate surface area is 143 Å². The number of hydrogen-bond donors (Lipinski definition) is 2. The van der Waals surface area contributed by atoms with Crippen LogP contribution in [0.3, 0.4) is 0 Å². The summed E-state index contributed by atoms with van der Waals surface area (Å²) in [6.45, 7) is 0.379. The summed E-state index contributed by atoms with van der Waals surface area (Å²) in [5.74, 6) is -1.25. The molecule has 25 heavy (non-hydrogen) atoms. The van der Waals surface area contributed by atoms with Gasteiger partial charge in [-0.3, -0.25) is 4.79 Å². The van der Waals surface area contributed by atoms with Gasteiger partial charge < -0.3 is 10.5 Å². The molecule has 0 aromatic heterocycles. The van der Waals surface area contributed by atoms with Crippen molar-refractivity contribution in [3.05, 3.63) is 35.4 Å². The third kappa shape index (κ3) is 5.16. The van der Waals surface area contributed by atoms with Crippen LogP contribution in [0.1, 0.15) is 24.0 Å². The Hall–Kier alpha value is -1.65. The van der Waals surface area contributed by atoms with Crippen molar-refractivity contribution >= 4 is 15.9 Å². The number of rotatable bonds is 6. The number of alkyl halides is 3. The molecule has 10 heteroatoms. The lowest BCUT2D eigenvalue weighted by Gasteiger charge is -2.34. The summed E-state index contributed by atoms with van der Waals surface area (Å²) in [6, 6.07) is 4.11. The summed E-state index contributed by atoms with van der Waals surface area (Å²) >= 11 is 0. The summed E-state index contributed by atoms with van der Waals surface area (Å²) in [7, 11) is -3.93. The van der Waals surface area contributed by atoms with Crippen molar-refractivity contribution in [1.29, 1.82) is 0 Å². The monoisotopic (exact) mass is 380 g/mol. The molecule has 1 aliphatic rings. The first-order valence-corrected chi connectivity index (χ1v) is 9.20. The standard InChI is InChI=1S/C15H19F3N2O4S/c16-15(17,18)12-3-1-2-11(8-12)9-25(22,23)20-10-14(13(19)21)4-6-24-7-5-14/h1-3,8,20H,4-7,9-10H2,(H2,19,21). The maximum atomic E-state index is 12.7. The van der Waals surface area contributed by atoms with Gasteiger partial charge in [0.25, 0.3) is 0 Å². The Morgan fingerprint density at radius 2 is 1.92 bits per heavy atom. The summed E-state index contributed by atoms with van der Waals surface area (Å²) in [4.78, 5) is 11.7. The maximum absolute atomic E-state index is 12.7. The van der Waals surface area contributed by atoms with Gasteiger partial charge in [0, 0.05) is 19.8 Å². The van der Waals surface area contributed by atoms with Crippen molar-refractivity contribution in [1.82, 2.24) is 4.72 Å². The van der Waals surface area contributed by atoms with E-state index in [0.717, 1.165) is 18.2 Å². The van der Waals surface area contributed by atoms with Gasteiger partial charge in [-0.25, -0.2) is 13.1 Å². The molecule has 0 bridgehead atoms. The van der Waals surface area contributed by atoms with Gasteiger partial charge in [-0.05, 0) is 24.5 Å². The minimum absolute atomic E-state index is 0.00225. The van der Waals surface area contributed by atoms with Gasteiger partial charge in [-0.2, -0.15) is 13.2 Å². The minimum atomic E-state index is -4.55.